The van der Waals surface area contributed by atoms with Gasteiger partial charge in [-0.25, -0.2) is 4.79 Å². The normalized spacial score (nSPS) is 21.4. The number of amides is 2. The smallest absolute Gasteiger partial charge is 0.322 e. The van der Waals surface area contributed by atoms with Gasteiger partial charge in [0.1, 0.15) is 5.00 Å². The molecule has 2 N–H and O–H groups in total. The molecule has 1 aromatic heterocycles. The molecule has 0 spiro atoms. The highest BCUT2D eigenvalue weighted by molar-refractivity contribution is 7.10. The summed E-state index contributed by atoms with van der Waals surface area (Å²) in [5.74, 6) is 0. The van der Waals surface area contributed by atoms with Gasteiger partial charge in [0, 0.05) is 24.6 Å². The predicted octanol–water partition coefficient (Wildman–Crippen LogP) is 0.527. The Hall–Kier alpha value is -1.21. The average molecular weight is 228 g/mol. The molecule has 15 heavy (non-hydrogen) atoms. The molecule has 0 bridgehead atoms. The van der Waals surface area contributed by atoms with Crippen molar-refractivity contribution in [3.05, 3.63) is 6.20 Å². The first-order valence-corrected chi connectivity index (χ1v) is 5.54. The van der Waals surface area contributed by atoms with Gasteiger partial charge in [0.05, 0.1) is 12.3 Å². The van der Waals surface area contributed by atoms with E-state index in [1.807, 2.05) is 0 Å². The number of nitrogens with zero attached hydrogens (tertiary/aromatic N) is 3. The van der Waals surface area contributed by atoms with E-state index in [1.54, 1.807) is 4.90 Å². The fourth-order valence-electron chi connectivity index (χ4n) is 1.55. The number of hydrogen-bond acceptors (Lipinski definition) is 5. The van der Waals surface area contributed by atoms with Gasteiger partial charge in [-0.15, -0.1) is 5.10 Å². The predicted molar refractivity (Wildman–Crippen MR) is 55.7 cm³/mol. The third-order valence-electron chi connectivity index (χ3n) is 2.28. The average Bonchev–Trinajstić information content (AvgIpc) is 2.70. The van der Waals surface area contributed by atoms with E-state index in [1.165, 1.54) is 6.20 Å². The second kappa shape index (κ2) is 4.54. The van der Waals surface area contributed by atoms with E-state index in [4.69, 9.17) is 0 Å². The van der Waals surface area contributed by atoms with Crippen LogP contribution < -0.4 is 5.32 Å². The molecule has 7 heteroatoms. The number of nitrogens with one attached hydrogen (secondary N) is 1. The Morgan fingerprint density at radius 1 is 1.73 bits per heavy atom. The maximum absolute atomic E-state index is 11.7. The molecule has 1 aliphatic rings. The lowest BCUT2D eigenvalue weighted by Crippen LogP contribution is -2.44. The number of aromatic nitrogens is 2. The summed E-state index contributed by atoms with van der Waals surface area (Å²) in [6.45, 7) is 1.09. The standard InChI is InChI=1S/C8H12N4O2S/c13-6-2-1-3-12(5-6)8(14)10-7-4-9-11-15-7/h4,6,13H,1-3,5H2,(H,10,14). The van der Waals surface area contributed by atoms with Gasteiger partial charge in [-0.2, -0.15) is 0 Å². The molecular formula is C8H12N4O2S. The van der Waals surface area contributed by atoms with Crippen LogP contribution in [0.15, 0.2) is 6.20 Å². The number of carbonyl (C=O) groups is 1. The SMILES string of the molecule is O=C(Nc1cnns1)N1CCCC(O)C1. The summed E-state index contributed by atoms with van der Waals surface area (Å²) < 4.78 is 3.64. The van der Waals surface area contributed by atoms with Gasteiger partial charge in [0.15, 0.2) is 0 Å². The molecule has 0 aromatic carbocycles. The van der Waals surface area contributed by atoms with Crippen LogP contribution in [0.2, 0.25) is 0 Å². The highest BCUT2D eigenvalue weighted by Crippen LogP contribution is 2.14. The first-order chi connectivity index (χ1) is 7.25. The number of urea groups is 1. The Morgan fingerprint density at radius 3 is 3.27 bits per heavy atom. The number of anilines is 1. The Kier molecular flexibility index (Phi) is 3.12. The largest absolute Gasteiger partial charge is 0.391 e. The number of aliphatic hydroxyl groups excluding tert-OH is 1. The second-order valence-corrected chi connectivity index (χ2v) is 4.24. The van der Waals surface area contributed by atoms with Gasteiger partial charge in [0.2, 0.25) is 0 Å². The van der Waals surface area contributed by atoms with E-state index >= 15 is 0 Å². The third-order valence-corrected chi connectivity index (χ3v) is 2.86. The lowest BCUT2D eigenvalue weighted by molar-refractivity contribution is 0.0883. The van der Waals surface area contributed by atoms with Gasteiger partial charge in [-0.1, -0.05) is 4.49 Å². The summed E-state index contributed by atoms with van der Waals surface area (Å²) in [6, 6.07) is -0.195. The number of aliphatic hydroxyl groups is 1. The fourth-order valence-corrected chi connectivity index (χ4v) is 1.96. The number of hydrogen-bond donors (Lipinski definition) is 2. The van der Waals surface area contributed by atoms with Crippen LogP contribution in [0.3, 0.4) is 0 Å². The summed E-state index contributed by atoms with van der Waals surface area (Å²) in [4.78, 5) is 13.3. The molecule has 0 radical (unpaired) electrons. The highest BCUT2D eigenvalue weighted by Gasteiger charge is 2.22. The highest BCUT2D eigenvalue weighted by atomic mass is 32.1. The zero-order valence-corrected chi connectivity index (χ0v) is 8.90. The molecule has 2 rings (SSSR count). The van der Waals surface area contributed by atoms with Crippen LogP contribution >= 0.6 is 11.5 Å². The lowest BCUT2D eigenvalue weighted by atomic mass is 10.1. The van der Waals surface area contributed by atoms with Crippen molar-refractivity contribution in [2.24, 2.45) is 0 Å². The number of carbonyl (C=O) groups excluding carboxylic acids is 1. The summed E-state index contributed by atoms with van der Waals surface area (Å²) in [5.41, 5.74) is 0. The lowest BCUT2D eigenvalue weighted by Gasteiger charge is -2.29. The van der Waals surface area contributed by atoms with E-state index in [2.05, 4.69) is 14.9 Å². The number of piperidine rings is 1. The maximum Gasteiger partial charge on any atom is 0.322 e. The Labute approximate surface area is 91.1 Å². The molecule has 2 amide bonds. The molecular weight excluding hydrogens is 216 g/mol. The van der Waals surface area contributed by atoms with Crippen molar-refractivity contribution >= 4 is 22.6 Å². The van der Waals surface area contributed by atoms with E-state index in [0.717, 1.165) is 24.4 Å². The Bertz CT molecular complexity index is 329. The topological polar surface area (TPSA) is 78.4 Å². The van der Waals surface area contributed by atoms with Crippen LogP contribution in [0, 0.1) is 0 Å². The zero-order valence-electron chi connectivity index (χ0n) is 8.09. The van der Waals surface area contributed by atoms with E-state index in [-0.39, 0.29) is 6.03 Å². The van der Waals surface area contributed by atoms with Gasteiger partial charge < -0.3 is 10.0 Å². The second-order valence-electron chi connectivity index (χ2n) is 3.45. The van der Waals surface area contributed by atoms with Crippen molar-refractivity contribution in [1.82, 2.24) is 14.5 Å². The molecule has 82 valence electrons. The maximum atomic E-state index is 11.7. The molecule has 6 nitrogen and oxygen atoms in total. The number of likely N-dealkylation sites (tertiary alicyclic amines) is 1. The quantitative estimate of drug-likeness (QED) is 0.734. The van der Waals surface area contributed by atoms with Crippen LogP contribution in [0.25, 0.3) is 0 Å². The first-order valence-electron chi connectivity index (χ1n) is 4.77. The van der Waals surface area contributed by atoms with Crippen molar-refractivity contribution < 1.29 is 9.90 Å². The minimum Gasteiger partial charge on any atom is -0.391 e. The van der Waals surface area contributed by atoms with Crippen molar-refractivity contribution in [1.29, 1.82) is 0 Å². The summed E-state index contributed by atoms with van der Waals surface area (Å²) in [5, 5.41) is 16.3. The van der Waals surface area contributed by atoms with Gasteiger partial charge in [0.25, 0.3) is 0 Å². The van der Waals surface area contributed by atoms with E-state index < -0.39 is 6.10 Å². The Balaban J connectivity index is 1.90. The molecule has 1 atom stereocenters. The van der Waals surface area contributed by atoms with Gasteiger partial charge in [-0.05, 0) is 12.8 Å². The summed E-state index contributed by atoms with van der Waals surface area (Å²) >= 11 is 1.13. The van der Waals surface area contributed by atoms with Crippen LogP contribution in [-0.4, -0.2) is 44.8 Å². The minimum absolute atomic E-state index is 0.195. The first kappa shape index (κ1) is 10.3. The molecule has 2 heterocycles. The molecule has 0 aliphatic carbocycles. The molecule has 1 unspecified atom stereocenters. The molecule has 1 saturated heterocycles. The Morgan fingerprint density at radius 2 is 2.60 bits per heavy atom. The van der Waals surface area contributed by atoms with Gasteiger partial charge in [-0.3, -0.25) is 5.32 Å². The fraction of sp³-hybridized carbons (Fsp3) is 0.625. The third kappa shape index (κ3) is 2.63. The van der Waals surface area contributed by atoms with Crippen LogP contribution in [0.5, 0.6) is 0 Å². The minimum atomic E-state index is -0.399. The molecule has 1 aromatic rings. The molecule has 1 fully saturated rings. The van der Waals surface area contributed by atoms with Crippen molar-refractivity contribution in [2.45, 2.75) is 18.9 Å². The van der Waals surface area contributed by atoms with Crippen LogP contribution in [0.1, 0.15) is 12.8 Å². The van der Waals surface area contributed by atoms with Crippen LogP contribution in [0.4, 0.5) is 9.80 Å². The molecule has 0 saturated carbocycles. The molecule has 1 aliphatic heterocycles. The number of β-amino-alcohol motifs (C(OH)–C–C–N with tert-alkyl or cyclic N) is 1. The van der Waals surface area contributed by atoms with Crippen molar-refractivity contribution in [3.8, 4) is 0 Å². The monoisotopic (exact) mass is 228 g/mol. The summed E-state index contributed by atoms with van der Waals surface area (Å²) in [6.07, 6.45) is 2.72. The number of rotatable bonds is 1. The van der Waals surface area contributed by atoms with E-state index in [9.17, 15) is 9.90 Å². The zero-order chi connectivity index (χ0) is 10.7. The van der Waals surface area contributed by atoms with Crippen molar-refractivity contribution in [2.75, 3.05) is 18.4 Å². The summed E-state index contributed by atoms with van der Waals surface area (Å²) in [7, 11) is 0. The van der Waals surface area contributed by atoms with Crippen LogP contribution in [-0.2, 0) is 0 Å². The van der Waals surface area contributed by atoms with Crippen molar-refractivity contribution in [3.63, 3.8) is 0 Å². The van der Waals surface area contributed by atoms with E-state index in [0.29, 0.717) is 18.1 Å². The van der Waals surface area contributed by atoms with Gasteiger partial charge >= 0.3 is 6.03 Å².